The Labute approximate surface area is 144 Å². The number of amides is 4. The van der Waals surface area contributed by atoms with Crippen LogP contribution in [0, 0.1) is 0 Å². The monoisotopic (exact) mass is 357 g/mol. The first-order valence-corrected chi connectivity index (χ1v) is 7.86. The first-order valence-electron chi connectivity index (χ1n) is 7.11. The Hall–Kier alpha value is -1.79. The van der Waals surface area contributed by atoms with Gasteiger partial charge in [0.05, 0.1) is 16.6 Å². The van der Waals surface area contributed by atoms with Crippen molar-refractivity contribution in [3.05, 3.63) is 33.8 Å². The maximum Gasteiger partial charge on any atom is 0.325 e. The molecule has 0 radical (unpaired) electrons. The van der Waals surface area contributed by atoms with E-state index >= 15 is 0 Å². The fourth-order valence-electron chi connectivity index (χ4n) is 2.23. The minimum absolute atomic E-state index is 0.0689. The van der Waals surface area contributed by atoms with Crippen LogP contribution in [-0.4, -0.2) is 46.8 Å². The van der Waals surface area contributed by atoms with Crippen molar-refractivity contribution < 1.29 is 14.4 Å². The third kappa shape index (κ3) is 4.14. The number of carbonyl (C=O) groups is 3. The molecule has 124 valence electrons. The molecule has 1 fully saturated rings. The van der Waals surface area contributed by atoms with Gasteiger partial charge in [-0.2, -0.15) is 0 Å². The number of carbonyl (C=O) groups excluding carboxylic acids is 3. The number of urea groups is 1. The highest BCUT2D eigenvalue weighted by molar-refractivity contribution is 6.42. The second-order valence-corrected chi connectivity index (χ2v) is 6.32. The molecule has 0 unspecified atom stereocenters. The predicted octanol–water partition coefficient (Wildman–Crippen LogP) is 2.28. The molecule has 4 amide bonds. The second kappa shape index (κ2) is 7.19. The van der Waals surface area contributed by atoms with Crippen molar-refractivity contribution in [1.29, 1.82) is 0 Å². The average Bonchev–Trinajstić information content (AvgIpc) is 2.79. The van der Waals surface area contributed by atoms with E-state index in [1.165, 1.54) is 0 Å². The maximum atomic E-state index is 12.5. The minimum Gasteiger partial charge on any atom is -0.334 e. The highest BCUT2D eigenvalue weighted by atomic mass is 35.5. The third-order valence-corrected chi connectivity index (χ3v) is 4.25. The lowest BCUT2D eigenvalue weighted by Gasteiger charge is -2.28. The van der Waals surface area contributed by atoms with E-state index < -0.39 is 11.9 Å². The normalized spacial score (nSPS) is 14.4. The van der Waals surface area contributed by atoms with Crippen LogP contribution in [0.5, 0.6) is 0 Å². The van der Waals surface area contributed by atoms with Gasteiger partial charge in [0.25, 0.3) is 5.91 Å². The van der Waals surface area contributed by atoms with Crippen molar-refractivity contribution in [3.63, 3.8) is 0 Å². The molecule has 1 aliphatic rings. The Morgan fingerprint density at radius 2 is 2.00 bits per heavy atom. The summed E-state index contributed by atoms with van der Waals surface area (Å²) in [5.74, 6) is -0.710. The van der Waals surface area contributed by atoms with Crippen molar-refractivity contribution in [1.82, 2.24) is 15.1 Å². The Morgan fingerprint density at radius 1 is 1.30 bits per heavy atom. The van der Waals surface area contributed by atoms with Gasteiger partial charge in [-0.05, 0) is 31.5 Å². The molecule has 0 atom stereocenters. The molecule has 0 saturated carbocycles. The SMILES string of the molecule is CC(C)N(Cc1ccc(Cl)c(Cl)c1)C(=O)CN1C(=O)CNC1=O. The minimum atomic E-state index is -0.540. The molecule has 1 aliphatic heterocycles. The number of halogens is 2. The number of nitrogens with zero attached hydrogens (tertiary/aromatic N) is 2. The molecular formula is C15H17Cl2N3O3. The summed E-state index contributed by atoms with van der Waals surface area (Å²) in [7, 11) is 0. The molecule has 2 rings (SSSR count). The van der Waals surface area contributed by atoms with E-state index in [4.69, 9.17) is 23.2 Å². The lowest BCUT2D eigenvalue weighted by atomic mass is 10.2. The van der Waals surface area contributed by atoms with Gasteiger partial charge in [0.2, 0.25) is 5.91 Å². The van der Waals surface area contributed by atoms with Crippen LogP contribution in [0.3, 0.4) is 0 Å². The van der Waals surface area contributed by atoms with Crippen molar-refractivity contribution in [2.75, 3.05) is 13.1 Å². The van der Waals surface area contributed by atoms with Gasteiger partial charge in [-0.1, -0.05) is 29.3 Å². The van der Waals surface area contributed by atoms with Crippen LogP contribution in [0.1, 0.15) is 19.4 Å². The smallest absolute Gasteiger partial charge is 0.325 e. The molecule has 8 heteroatoms. The molecule has 1 N–H and O–H groups in total. The summed E-state index contributed by atoms with van der Waals surface area (Å²) in [5.41, 5.74) is 0.818. The highest BCUT2D eigenvalue weighted by Crippen LogP contribution is 2.23. The van der Waals surface area contributed by atoms with E-state index in [0.717, 1.165) is 10.5 Å². The molecule has 0 spiro atoms. The maximum absolute atomic E-state index is 12.5. The van der Waals surface area contributed by atoms with Gasteiger partial charge >= 0.3 is 6.03 Å². The van der Waals surface area contributed by atoms with Crippen molar-refractivity contribution in [2.24, 2.45) is 0 Å². The standard InChI is InChI=1S/C15H17Cl2N3O3/c1-9(2)19(7-10-3-4-11(16)12(17)5-10)14(22)8-20-13(21)6-18-15(20)23/h3-5,9H,6-8H2,1-2H3,(H,18,23). The molecule has 1 heterocycles. The summed E-state index contributed by atoms with van der Waals surface area (Å²) in [6, 6.07) is 4.50. The summed E-state index contributed by atoms with van der Waals surface area (Å²) in [6.45, 7) is 3.70. The van der Waals surface area contributed by atoms with Gasteiger partial charge < -0.3 is 10.2 Å². The number of nitrogens with one attached hydrogen (secondary N) is 1. The van der Waals surface area contributed by atoms with Crippen molar-refractivity contribution >= 4 is 41.0 Å². The molecule has 1 aromatic carbocycles. The van der Waals surface area contributed by atoms with Gasteiger partial charge in [-0.3, -0.25) is 14.5 Å². The van der Waals surface area contributed by atoms with Crippen LogP contribution in [0.15, 0.2) is 18.2 Å². The molecule has 0 aliphatic carbocycles. The van der Waals surface area contributed by atoms with E-state index in [0.29, 0.717) is 16.6 Å². The quantitative estimate of drug-likeness (QED) is 0.821. The molecule has 1 saturated heterocycles. The Morgan fingerprint density at radius 3 is 2.52 bits per heavy atom. The largest absolute Gasteiger partial charge is 0.334 e. The zero-order valence-corrected chi connectivity index (χ0v) is 14.3. The van der Waals surface area contributed by atoms with Crippen LogP contribution in [0.4, 0.5) is 4.79 Å². The molecule has 0 aromatic heterocycles. The first kappa shape index (κ1) is 17.6. The number of benzene rings is 1. The third-order valence-electron chi connectivity index (χ3n) is 3.51. The van der Waals surface area contributed by atoms with E-state index in [-0.39, 0.29) is 25.0 Å². The Kier molecular flexibility index (Phi) is 5.49. The van der Waals surface area contributed by atoms with Crippen molar-refractivity contribution in [2.45, 2.75) is 26.4 Å². The molecule has 6 nitrogen and oxygen atoms in total. The first-order chi connectivity index (χ1) is 10.8. The number of hydrogen-bond donors (Lipinski definition) is 1. The Balaban J connectivity index is 2.11. The topological polar surface area (TPSA) is 69.7 Å². The fourth-order valence-corrected chi connectivity index (χ4v) is 2.56. The van der Waals surface area contributed by atoms with Crippen molar-refractivity contribution in [3.8, 4) is 0 Å². The van der Waals surface area contributed by atoms with Crippen LogP contribution >= 0.6 is 23.2 Å². The van der Waals surface area contributed by atoms with Crippen LogP contribution in [0.2, 0.25) is 10.0 Å². The van der Waals surface area contributed by atoms with Gasteiger partial charge in [0.1, 0.15) is 6.54 Å². The van der Waals surface area contributed by atoms with Crippen LogP contribution in [-0.2, 0) is 16.1 Å². The van der Waals surface area contributed by atoms with Crippen LogP contribution in [0.25, 0.3) is 0 Å². The molecule has 1 aromatic rings. The lowest BCUT2D eigenvalue weighted by Crippen LogP contribution is -2.45. The van der Waals surface area contributed by atoms with Gasteiger partial charge in [0, 0.05) is 12.6 Å². The summed E-state index contributed by atoms with van der Waals surface area (Å²) < 4.78 is 0. The van der Waals surface area contributed by atoms with Crippen LogP contribution < -0.4 is 5.32 Å². The van der Waals surface area contributed by atoms with E-state index in [2.05, 4.69) is 5.32 Å². The Bertz CT molecular complexity index is 633. The second-order valence-electron chi connectivity index (χ2n) is 5.50. The number of imide groups is 1. The average molecular weight is 358 g/mol. The predicted molar refractivity (Wildman–Crippen MR) is 87.3 cm³/mol. The van der Waals surface area contributed by atoms with Gasteiger partial charge in [-0.25, -0.2) is 4.79 Å². The summed E-state index contributed by atoms with van der Waals surface area (Å²) in [6.07, 6.45) is 0. The fraction of sp³-hybridized carbons (Fsp3) is 0.400. The van der Waals surface area contributed by atoms with E-state index in [1.54, 1.807) is 23.1 Å². The van der Waals surface area contributed by atoms with E-state index in [1.807, 2.05) is 13.8 Å². The molecule has 0 bridgehead atoms. The molecule has 23 heavy (non-hydrogen) atoms. The lowest BCUT2D eigenvalue weighted by molar-refractivity contribution is -0.138. The zero-order chi connectivity index (χ0) is 17.1. The number of rotatable bonds is 5. The summed E-state index contributed by atoms with van der Waals surface area (Å²) in [4.78, 5) is 38.1. The summed E-state index contributed by atoms with van der Waals surface area (Å²) in [5, 5.41) is 3.24. The van der Waals surface area contributed by atoms with E-state index in [9.17, 15) is 14.4 Å². The summed E-state index contributed by atoms with van der Waals surface area (Å²) >= 11 is 11.9. The highest BCUT2D eigenvalue weighted by Gasteiger charge is 2.32. The molecular weight excluding hydrogens is 341 g/mol. The van der Waals surface area contributed by atoms with Gasteiger partial charge in [0.15, 0.2) is 0 Å². The zero-order valence-electron chi connectivity index (χ0n) is 12.8. The van der Waals surface area contributed by atoms with Gasteiger partial charge in [-0.15, -0.1) is 0 Å². The number of hydrogen-bond acceptors (Lipinski definition) is 3.